The summed E-state index contributed by atoms with van der Waals surface area (Å²) in [6.45, 7) is 2.42. The number of anilines is 2. The van der Waals surface area contributed by atoms with E-state index >= 15 is 0 Å². The highest BCUT2D eigenvalue weighted by Gasteiger charge is 2.25. The second-order valence-corrected chi connectivity index (χ2v) is 8.73. The third-order valence-corrected chi connectivity index (χ3v) is 6.47. The molecule has 1 atom stereocenters. The monoisotopic (exact) mass is 372 g/mol. The van der Waals surface area contributed by atoms with Crippen LogP contribution in [-0.4, -0.2) is 26.6 Å². The molecule has 6 heteroatoms. The Morgan fingerprint density at radius 2 is 1.77 bits per heavy atom. The normalized spacial score (nSPS) is 17.5. The van der Waals surface area contributed by atoms with E-state index in [9.17, 15) is 13.2 Å². The Labute approximate surface area is 155 Å². The molecule has 0 aliphatic carbocycles. The number of nitrogens with zero attached hydrogens (tertiary/aromatic N) is 1. The first-order valence-corrected chi connectivity index (χ1v) is 10.5. The van der Waals surface area contributed by atoms with Gasteiger partial charge < -0.3 is 5.32 Å². The number of carbonyl (C=O) groups is 1. The van der Waals surface area contributed by atoms with Gasteiger partial charge in [-0.2, -0.15) is 0 Å². The summed E-state index contributed by atoms with van der Waals surface area (Å²) in [5.41, 5.74) is 2.45. The second-order valence-electron chi connectivity index (χ2n) is 6.72. The molecule has 0 spiro atoms. The second kappa shape index (κ2) is 7.91. The highest BCUT2D eigenvalue weighted by Crippen LogP contribution is 2.25. The number of benzene rings is 2. The van der Waals surface area contributed by atoms with Gasteiger partial charge in [0.1, 0.15) is 0 Å². The molecule has 1 fully saturated rings. The molecule has 3 rings (SSSR count). The Hall–Kier alpha value is -2.34. The van der Waals surface area contributed by atoms with Crippen molar-refractivity contribution < 1.29 is 13.2 Å². The fraction of sp³-hybridized carbons (Fsp3) is 0.350. The van der Waals surface area contributed by atoms with Gasteiger partial charge in [-0.1, -0.05) is 37.3 Å². The van der Waals surface area contributed by atoms with Crippen LogP contribution in [0.5, 0.6) is 0 Å². The van der Waals surface area contributed by atoms with Crippen LogP contribution >= 0.6 is 0 Å². The molecule has 1 aliphatic heterocycles. The van der Waals surface area contributed by atoms with E-state index in [1.165, 1.54) is 4.31 Å². The lowest BCUT2D eigenvalue weighted by atomic mass is 10.0. The topological polar surface area (TPSA) is 66.5 Å². The molecule has 26 heavy (non-hydrogen) atoms. The van der Waals surface area contributed by atoms with Gasteiger partial charge in [-0.3, -0.25) is 9.10 Å². The first kappa shape index (κ1) is 18.5. The van der Waals surface area contributed by atoms with Crippen LogP contribution in [-0.2, 0) is 21.2 Å². The van der Waals surface area contributed by atoms with E-state index in [4.69, 9.17) is 0 Å². The average Bonchev–Trinajstić information content (AvgIpc) is 2.63. The lowest BCUT2D eigenvalue weighted by Gasteiger charge is -2.28. The van der Waals surface area contributed by atoms with Crippen LogP contribution in [0, 0.1) is 5.92 Å². The lowest BCUT2D eigenvalue weighted by Crippen LogP contribution is -2.37. The van der Waals surface area contributed by atoms with Crippen LogP contribution in [0.15, 0.2) is 54.6 Å². The fourth-order valence-electron chi connectivity index (χ4n) is 3.12. The van der Waals surface area contributed by atoms with E-state index in [2.05, 4.69) is 5.32 Å². The molecule has 0 bridgehead atoms. The van der Waals surface area contributed by atoms with Crippen molar-refractivity contribution in [2.75, 3.05) is 21.9 Å². The zero-order valence-corrected chi connectivity index (χ0v) is 15.7. The minimum absolute atomic E-state index is 0.0489. The largest absolute Gasteiger partial charge is 0.326 e. The van der Waals surface area contributed by atoms with Gasteiger partial charge in [0.15, 0.2) is 0 Å². The maximum atomic E-state index is 12.4. The molecular weight excluding hydrogens is 348 g/mol. The molecule has 1 N–H and O–H groups in total. The Balaban J connectivity index is 1.62. The SMILES string of the molecule is CC(Cc1ccccc1)C(=O)Nc1ccc(N2CCCCS2(=O)=O)cc1. The first-order valence-electron chi connectivity index (χ1n) is 8.91. The smallest absolute Gasteiger partial charge is 0.235 e. The predicted molar refractivity (Wildman–Crippen MR) is 105 cm³/mol. The predicted octanol–water partition coefficient (Wildman–Crippen LogP) is 3.43. The van der Waals surface area contributed by atoms with E-state index in [0.717, 1.165) is 12.0 Å². The van der Waals surface area contributed by atoms with Gasteiger partial charge in [-0.25, -0.2) is 8.42 Å². The number of hydrogen-bond acceptors (Lipinski definition) is 3. The average molecular weight is 372 g/mol. The van der Waals surface area contributed by atoms with Gasteiger partial charge >= 0.3 is 0 Å². The molecular formula is C20H24N2O3S. The van der Waals surface area contributed by atoms with E-state index in [0.29, 0.717) is 30.8 Å². The number of carbonyl (C=O) groups excluding carboxylic acids is 1. The van der Waals surface area contributed by atoms with Crippen molar-refractivity contribution in [3.8, 4) is 0 Å². The molecule has 1 unspecified atom stereocenters. The molecule has 1 saturated heterocycles. The van der Waals surface area contributed by atoms with E-state index in [1.54, 1.807) is 24.3 Å². The van der Waals surface area contributed by atoms with Gasteiger partial charge in [0.2, 0.25) is 15.9 Å². The molecule has 5 nitrogen and oxygen atoms in total. The Morgan fingerprint density at radius 1 is 1.08 bits per heavy atom. The molecule has 0 radical (unpaired) electrons. The maximum absolute atomic E-state index is 12.4. The van der Waals surface area contributed by atoms with Crippen molar-refractivity contribution in [1.82, 2.24) is 0 Å². The molecule has 1 aliphatic rings. The number of sulfonamides is 1. The van der Waals surface area contributed by atoms with Crippen molar-refractivity contribution in [3.05, 3.63) is 60.2 Å². The minimum Gasteiger partial charge on any atom is -0.326 e. The van der Waals surface area contributed by atoms with Crippen LogP contribution in [0.4, 0.5) is 11.4 Å². The van der Waals surface area contributed by atoms with E-state index < -0.39 is 10.0 Å². The third-order valence-electron chi connectivity index (χ3n) is 4.60. The standard InChI is InChI=1S/C20H24N2O3S/c1-16(15-17-7-3-2-4-8-17)20(23)21-18-9-11-19(12-10-18)22-13-5-6-14-26(22,24)25/h2-4,7-12,16H,5-6,13-15H2,1H3,(H,21,23). The number of amides is 1. The summed E-state index contributed by atoms with van der Waals surface area (Å²) in [5, 5.41) is 2.91. The molecule has 1 amide bonds. The van der Waals surface area contributed by atoms with E-state index in [1.807, 2.05) is 37.3 Å². The summed E-state index contributed by atoms with van der Waals surface area (Å²) in [5.74, 6) is -0.00517. The molecule has 0 aromatic heterocycles. The van der Waals surface area contributed by atoms with Crippen molar-refractivity contribution in [2.45, 2.75) is 26.2 Å². The summed E-state index contributed by atoms with van der Waals surface area (Å²) >= 11 is 0. The number of hydrogen-bond donors (Lipinski definition) is 1. The molecule has 0 saturated carbocycles. The van der Waals surface area contributed by atoms with Gasteiger partial charge in [-0.15, -0.1) is 0 Å². The van der Waals surface area contributed by atoms with Crippen molar-refractivity contribution in [2.24, 2.45) is 5.92 Å². The summed E-state index contributed by atoms with van der Waals surface area (Å²) < 4.78 is 25.8. The van der Waals surface area contributed by atoms with Crippen molar-refractivity contribution >= 4 is 27.3 Å². The first-order chi connectivity index (χ1) is 12.5. The maximum Gasteiger partial charge on any atom is 0.235 e. The van der Waals surface area contributed by atoms with Crippen molar-refractivity contribution in [3.63, 3.8) is 0 Å². The van der Waals surface area contributed by atoms with Crippen LogP contribution in [0.3, 0.4) is 0 Å². The van der Waals surface area contributed by atoms with Crippen LogP contribution in [0.2, 0.25) is 0 Å². The van der Waals surface area contributed by atoms with Gasteiger partial charge in [0.25, 0.3) is 0 Å². The van der Waals surface area contributed by atoms with Crippen LogP contribution < -0.4 is 9.62 Å². The third kappa shape index (κ3) is 4.43. The number of nitrogens with one attached hydrogen (secondary N) is 1. The van der Waals surface area contributed by atoms with Gasteiger partial charge in [0, 0.05) is 18.2 Å². The summed E-state index contributed by atoms with van der Waals surface area (Å²) in [4.78, 5) is 12.4. The fourth-order valence-corrected chi connectivity index (χ4v) is 4.76. The van der Waals surface area contributed by atoms with Crippen LogP contribution in [0.1, 0.15) is 25.3 Å². The highest BCUT2D eigenvalue weighted by atomic mass is 32.2. The summed E-state index contributed by atoms with van der Waals surface area (Å²) in [6.07, 6.45) is 2.26. The Kier molecular flexibility index (Phi) is 5.61. The molecule has 1 heterocycles. The van der Waals surface area contributed by atoms with Crippen molar-refractivity contribution in [1.29, 1.82) is 0 Å². The van der Waals surface area contributed by atoms with Gasteiger partial charge in [-0.05, 0) is 49.1 Å². The zero-order chi connectivity index (χ0) is 18.6. The van der Waals surface area contributed by atoms with Gasteiger partial charge in [0.05, 0.1) is 11.4 Å². The lowest BCUT2D eigenvalue weighted by molar-refractivity contribution is -0.119. The minimum atomic E-state index is -3.21. The molecule has 2 aromatic rings. The zero-order valence-electron chi connectivity index (χ0n) is 14.9. The number of rotatable bonds is 5. The summed E-state index contributed by atoms with van der Waals surface area (Å²) in [6, 6.07) is 16.9. The molecule has 2 aromatic carbocycles. The molecule has 138 valence electrons. The quantitative estimate of drug-likeness (QED) is 0.874. The van der Waals surface area contributed by atoms with Crippen LogP contribution in [0.25, 0.3) is 0 Å². The Bertz CT molecular complexity index is 848. The summed E-state index contributed by atoms with van der Waals surface area (Å²) in [7, 11) is -3.21. The Morgan fingerprint density at radius 3 is 2.42 bits per heavy atom. The van der Waals surface area contributed by atoms with E-state index in [-0.39, 0.29) is 17.6 Å². The highest BCUT2D eigenvalue weighted by molar-refractivity contribution is 7.92.